The van der Waals surface area contributed by atoms with Gasteiger partial charge in [-0.2, -0.15) is 5.10 Å². The minimum Gasteiger partial charge on any atom is -0.378 e. The van der Waals surface area contributed by atoms with Crippen molar-refractivity contribution in [2.75, 3.05) is 25.0 Å². The summed E-state index contributed by atoms with van der Waals surface area (Å²) >= 11 is 0. The van der Waals surface area contributed by atoms with E-state index in [1.807, 2.05) is 12.3 Å². The number of alkyl halides is 1. The third kappa shape index (κ3) is 5.51. The number of aromatic nitrogens is 3. The molecule has 2 aromatic heterocycles. The van der Waals surface area contributed by atoms with Crippen LogP contribution in [0.5, 0.6) is 0 Å². The third-order valence-electron chi connectivity index (χ3n) is 7.53. The van der Waals surface area contributed by atoms with E-state index in [9.17, 15) is 13.6 Å². The molecule has 37 heavy (non-hydrogen) atoms. The zero-order valence-electron chi connectivity index (χ0n) is 21.0. The number of benzene rings is 1. The molecule has 6 rings (SSSR count). The van der Waals surface area contributed by atoms with Crippen LogP contribution < -0.4 is 10.6 Å². The van der Waals surface area contributed by atoms with Crippen molar-refractivity contribution in [1.29, 1.82) is 0 Å². The van der Waals surface area contributed by atoms with Crippen LogP contribution in [0, 0.1) is 18.7 Å². The van der Waals surface area contributed by atoms with E-state index in [4.69, 9.17) is 0 Å². The van der Waals surface area contributed by atoms with Crippen molar-refractivity contribution in [2.45, 2.75) is 57.3 Å². The Kier molecular flexibility index (Phi) is 6.40. The average Bonchev–Trinajstić information content (AvgIpc) is 3.81. The molecule has 3 heterocycles. The zero-order valence-corrected chi connectivity index (χ0v) is 21.0. The number of amides is 1. The number of rotatable bonds is 8. The van der Waals surface area contributed by atoms with Crippen molar-refractivity contribution < 1.29 is 13.6 Å². The van der Waals surface area contributed by atoms with Crippen LogP contribution >= 0.6 is 0 Å². The number of likely N-dealkylation sites (tertiary alicyclic amines) is 1. The fraction of sp³-hybridized carbons (Fsp3) is 0.464. The topological polar surface area (TPSA) is 75.1 Å². The monoisotopic (exact) mass is 506 g/mol. The molecule has 0 radical (unpaired) electrons. The Hall–Kier alpha value is -3.33. The summed E-state index contributed by atoms with van der Waals surface area (Å²) in [6, 6.07) is 4.77. The van der Waals surface area contributed by atoms with Crippen LogP contribution in [0.2, 0.25) is 0 Å². The summed E-state index contributed by atoms with van der Waals surface area (Å²) in [5.74, 6) is -0.177. The lowest BCUT2D eigenvalue weighted by Crippen LogP contribution is -2.48. The molecule has 2 saturated carbocycles. The standard InChI is InChI=1S/C28H32F2N6O/c1-17-8-24(29)23(28(37)34-21-4-5-21)10-27(17)36-15-20(12-32-36)19-9-22(13-31-11-19)33-26-6-7-35(16-25(26)30)14-18-2-3-18/h8-13,15,18,21,25-26,33H,2-7,14,16H2,1H3,(H,34,37)/t25-,26+/m1/s1. The lowest BCUT2D eigenvalue weighted by Gasteiger charge is -2.35. The van der Waals surface area contributed by atoms with Crippen molar-refractivity contribution in [3.8, 4) is 16.8 Å². The predicted molar refractivity (Wildman–Crippen MR) is 138 cm³/mol. The van der Waals surface area contributed by atoms with E-state index >= 15 is 0 Å². The first kappa shape index (κ1) is 24.0. The summed E-state index contributed by atoms with van der Waals surface area (Å²) in [5, 5.41) is 10.7. The summed E-state index contributed by atoms with van der Waals surface area (Å²) in [5.41, 5.74) is 3.75. The summed E-state index contributed by atoms with van der Waals surface area (Å²) in [6.07, 6.45) is 11.3. The van der Waals surface area contributed by atoms with Gasteiger partial charge in [0.2, 0.25) is 0 Å². The minimum absolute atomic E-state index is 0.0152. The molecule has 2 atom stereocenters. The number of halogens is 2. The molecule has 3 fully saturated rings. The number of piperidine rings is 1. The van der Waals surface area contributed by atoms with Gasteiger partial charge >= 0.3 is 0 Å². The van der Waals surface area contributed by atoms with Crippen LogP contribution in [-0.2, 0) is 0 Å². The number of anilines is 1. The van der Waals surface area contributed by atoms with Gasteiger partial charge in [-0.25, -0.2) is 13.5 Å². The van der Waals surface area contributed by atoms with Crippen molar-refractivity contribution in [1.82, 2.24) is 25.0 Å². The third-order valence-corrected chi connectivity index (χ3v) is 7.53. The number of nitrogens with one attached hydrogen (secondary N) is 2. The lowest BCUT2D eigenvalue weighted by atomic mass is 10.0. The lowest BCUT2D eigenvalue weighted by molar-refractivity contribution is 0.0947. The minimum atomic E-state index is -0.924. The second kappa shape index (κ2) is 9.85. The van der Waals surface area contributed by atoms with Gasteiger partial charge in [0, 0.05) is 55.4 Å². The van der Waals surface area contributed by atoms with E-state index in [0.29, 0.717) is 17.8 Å². The van der Waals surface area contributed by atoms with Gasteiger partial charge in [0.05, 0.1) is 29.2 Å². The number of carbonyl (C=O) groups is 1. The normalized spacial score (nSPS) is 22.1. The second-order valence-electron chi connectivity index (χ2n) is 10.8. The van der Waals surface area contributed by atoms with Crippen molar-refractivity contribution >= 4 is 11.6 Å². The highest BCUT2D eigenvalue weighted by Crippen LogP contribution is 2.31. The molecule has 0 spiro atoms. The first-order chi connectivity index (χ1) is 17.9. The molecule has 1 saturated heterocycles. The van der Waals surface area contributed by atoms with E-state index in [1.54, 1.807) is 36.3 Å². The molecule has 194 valence electrons. The number of hydrogen-bond acceptors (Lipinski definition) is 5. The van der Waals surface area contributed by atoms with Gasteiger partial charge in [-0.1, -0.05) is 0 Å². The second-order valence-corrected chi connectivity index (χ2v) is 10.8. The fourth-order valence-electron chi connectivity index (χ4n) is 5.03. The van der Waals surface area contributed by atoms with Gasteiger partial charge in [-0.05, 0) is 68.7 Å². The Balaban J connectivity index is 1.17. The quantitative estimate of drug-likeness (QED) is 0.470. The first-order valence-corrected chi connectivity index (χ1v) is 13.2. The smallest absolute Gasteiger partial charge is 0.254 e. The fourth-order valence-corrected chi connectivity index (χ4v) is 5.03. The maximum absolute atomic E-state index is 14.9. The Labute approximate surface area is 215 Å². The van der Waals surface area contributed by atoms with Gasteiger partial charge in [0.15, 0.2) is 0 Å². The van der Waals surface area contributed by atoms with Crippen LogP contribution in [-0.4, -0.2) is 63.5 Å². The number of carbonyl (C=O) groups excluding carboxylic acids is 1. The molecule has 2 N–H and O–H groups in total. The van der Waals surface area contributed by atoms with Crippen molar-refractivity contribution in [2.24, 2.45) is 5.92 Å². The van der Waals surface area contributed by atoms with Gasteiger partial charge in [-0.15, -0.1) is 0 Å². The number of pyridine rings is 1. The molecule has 1 amide bonds. The molecule has 1 aliphatic heterocycles. The Morgan fingerprint density at radius 3 is 2.68 bits per heavy atom. The molecule has 0 unspecified atom stereocenters. The molecule has 3 aliphatic rings. The maximum Gasteiger partial charge on any atom is 0.254 e. The molecule has 7 nitrogen and oxygen atoms in total. The van der Waals surface area contributed by atoms with Crippen LogP contribution in [0.4, 0.5) is 14.5 Å². The van der Waals surface area contributed by atoms with Crippen LogP contribution in [0.15, 0.2) is 43.0 Å². The maximum atomic E-state index is 14.9. The highest BCUT2D eigenvalue weighted by Gasteiger charge is 2.32. The van der Waals surface area contributed by atoms with Crippen LogP contribution in [0.25, 0.3) is 16.8 Å². The van der Waals surface area contributed by atoms with E-state index in [1.165, 1.54) is 18.9 Å². The van der Waals surface area contributed by atoms with Gasteiger partial charge in [-0.3, -0.25) is 9.78 Å². The average molecular weight is 507 g/mol. The SMILES string of the molecule is Cc1cc(F)c(C(=O)NC2CC2)cc1-n1cc(-c2cncc(N[C@H]3CCN(CC4CC4)C[C@H]3F)c2)cn1. The summed E-state index contributed by atoms with van der Waals surface area (Å²) in [4.78, 5) is 19.1. The number of hydrogen-bond donors (Lipinski definition) is 2. The highest BCUT2D eigenvalue weighted by molar-refractivity contribution is 5.95. The summed E-state index contributed by atoms with van der Waals surface area (Å²) < 4.78 is 31.1. The van der Waals surface area contributed by atoms with E-state index in [-0.39, 0.29) is 17.6 Å². The van der Waals surface area contributed by atoms with E-state index in [2.05, 4.69) is 25.6 Å². The first-order valence-electron chi connectivity index (χ1n) is 13.2. The van der Waals surface area contributed by atoms with Crippen LogP contribution in [0.3, 0.4) is 0 Å². The van der Waals surface area contributed by atoms with E-state index in [0.717, 1.165) is 55.1 Å². The molecule has 1 aromatic carbocycles. The number of nitrogens with zero attached hydrogens (tertiary/aromatic N) is 4. The highest BCUT2D eigenvalue weighted by atomic mass is 19.1. The van der Waals surface area contributed by atoms with Crippen LogP contribution in [0.1, 0.15) is 48.0 Å². The molecule has 3 aromatic rings. The Bertz CT molecular complexity index is 1300. The Morgan fingerprint density at radius 1 is 1.08 bits per heavy atom. The summed E-state index contributed by atoms with van der Waals surface area (Å²) in [7, 11) is 0. The largest absolute Gasteiger partial charge is 0.378 e. The summed E-state index contributed by atoms with van der Waals surface area (Å²) in [6.45, 7) is 4.20. The molecule has 9 heteroatoms. The molecular formula is C28H32F2N6O. The molecule has 0 bridgehead atoms. The molecular weight excluding hydrogens is 474 g/mol. The molecule has 2 aliphatic carbocycles. The van der Waals surface area contributed by atoms with Gasteiger partial charge in [0.1, 0.15) is 12.0 Å². The van der Waals surface area contributed by atoms with Gasteiger partial charge < -0.3 is 15.5 Å². The predicted octanol–water partition coefficient (Wildman–Crippen LogP) is 4.51. The Morgan fingerprint density at radius 2 is 1.92 bits per heavy atom. The number of aryl methyl sites for hydroxylation is 1. The van der Waals surface area contributed by atoms with Gasteiger partial charge in [0.25, 0.3) is 5.91 Å². The van der Waals surface area contributed by atoms with Crippen molar-refractivity contribution in [3.05, 3.63) is 59.9 Å². The van der Waals surface area contributed by atoms with Crippen molar-refractivity contribution in [3.63, 3.8) is 0 Å². The van der Waals surface area contributed by atoms with E-state index < -0.39 is 17.9 Å². The zero-order chi connectivity index (χ0) is 25.5.